The molecule has 20 heavy (non-hydrogen) atoms. The van der Waals surface area contributed by atoms with Gasteiger partial charge in [0.15, 0.2) is 0 Å². The molecule has 0 saturated heterocycles. The van der Waals surface area contributed by atoms with Crippen LogP contribution in [0.25, 0.3) is 0 Å². The Hall–Kier alpha value is -0.620. The largest absolute Gasteiger partial charge is 0.326 e. The summed E-state index contributed by atoms with van der Waals surface area (Å²) >= 11 is 6.09. The third-order valence-electron chi connectivity index (χ3n) is 3.48. The minimum Gasteiger partial charge on any atom is -0.326 e. The molecule has 0 spiro atoms. The van der Waals surface area contributed by atoms with Gasteiger partial charge in [0.25, 0.3) is 0 Å². The lowest BCUT2D eigenvalue weighted by atomic mass is 10.2. The fourth-order valence-electron chi connectivity index (χ4n) is 2.16. The number of nitrogens with zero attached hydrogens (tertiary/aromatic N) is 1. The smallest absolute Gasteiger partial charge is 0.244 e. The highest BCUT2D eigenvalue weighted by molar-refractivity contribution is 7.89. The third kappa shape index (κ3) is 3.52. The number of nitrogens with two attached hydrogens (primary N) is 1. The van der Waals surface area contributed by atoms with E-state index in [0.29, 0.717) is 25.6 Å². The average molecular weight is 317 g/mol. The summed E-state index contributed by atoms with van der Waals surface area (Å²) in [4.78, 5) is 0.177. The number of sulfonamides is 1. The van der Waals surface area contributed by atoms with Gasteiger partial charge in [-0.1, -0.05) is 24.6 Å². The van der Waals surface area contributed by atoms with Crippen LogP contribution in [-0.4, -0.2) is 25.8 Å². The first kappa shape index (κ1) is 15.8. The van der Waals surface area contributed by atoms with Crippen LogP contribution in [-0.2, 0) is 16.6 Å². The molecule has 0 aromatic heterocycles. The summed E-state index contributed by atoms with van der Waals surface area (Å²) in [6, 6.07) is 4.96. The quantitative estimate of drug-likeness (QED) is 0.841. The molecule has 2 rings (SSSR count). The SMILES string of the molecule is CCCN(CC1CC1)S(=O)(=O)c1cc(CN)ccc1Cl. The minimum atomic E-state index is -3.54. The van der Waals surface area contributed by atoms with E-state index in [4.69, 9.17) is 17.3 Å². The fourth-order valence-corrected chi connectivity index (χ4v) is 4.29. The normalized spacial score (nSPS) is 15.8. The topological polar surface area (TPSA) is 63.4 Å². The molecule has 1 aliphatic carbocycles. The van der Waals surface area contributed by atoms with Gasteiger partial charge in [-0.3, -0.25) is 0 Å². The van der Waals surface area contributed by atoms with E-state index in [1.165, 1.54) is 0 Å². The molecular formula is C14H21ClN2O2S. The van der Waals surface area contributed by atoms with Gasteiger partial charge in [-0.05, 0) is 42.9 Å². The van der Waals surface area contributed by atoms with Crippen molar-refractivity contribution in [1.82, 2.24) is 4.31 Å². The highest BCUT2D eigenvalue weighted by Gasteiger charge is 2.32. The van der Waals surface area contributed by atoms with Crippen molar-refractivity contribution in [2.75, 3.05) is 13.1 Å². The molecule has 112 valence electrons. The summed E-state index contributed by atoms with van der Waals surface area (Å²) in [6.07, 6.45) is 3.03. The third-order valence-corrected chi connectivity index (χ3v) is 5.83. The van der Waals surface area contributed by atoms with E-state index in [1.807, 2.05) is 6.92 Å². The maximum absolute atomic E-state index is 12.8. The summed E-state index contributed by atoms with van der Waals surface area (Å²) in [7, 11) is -3.54. The maximum Gasteiger partial charge on any atom is 0.244 e. The molecule has 0 atom stereocenters. The van der Waals surface area contributed by atoms with Crippen molar-refractivity contribution in [3.63, 3.8) is 0 Å². The molecule has 0 bridgehead atoms. The lowest BCUT2D eigenvalue weighted by Crippen LogP contribution is -2.34. The van der Waals surface area contributed by atoms with Gasteiger partial charge in [0, 0.05) is 19.6 Å². The molecule has 0 aliphatic heterocycles. The molecule has 2 N–H and O–H groups in total. The first-order chi connectivity index (χ1) is 9.48. The van der Waals surface area contributed by atoms with Crippen molar-refractivity contribution in [3.05, 3.63) is 28.8 Å². The van der Waals surface area contributed by atoms with Crippen LogP contribution in [0.4, 0.5) is 0 Å². The first-order valence-electron chi connectivity index (χ1n) is 6.97. The molecule has 1 aromatic rings. The van der Waals surface area contributed by atoms with Crippen LogP contribution >= 0.6 is 11.6 Å². The van der Waals surface area contributed by atoms with E-state index >= 15 is 0 Å². The first-order valence-corrected chi connectivity index (χ1v) is 8.79. The zero-order valence-corrected chi connectivity index (χ0v) is 13.3. The van der Waals surface area contributed by atoms with Crippen molar-refractivity contribution < 1.29 is 8.42 Å². The molecule has 1 aliphatic rings. The highest BCUT2D eigenvalue weighted by atomic mass is 35.5. The van der Waals surface area contributed by atoms with Crippen LogP contribution in [0, 0.1) is 5.92 Å². The Bertz CT molecular complexity index is 571. The van der Waals surface area contributed by atoms with Gasteiger partial charge in [-0.15, -0.1) is 0 Å². The van der Waals surface area contributed by atoms with Gasteiger partial charge in [0.1, 0.15) is 4.90 Å². The number of rotatable bonds is 7. The number of hydrogen-bond donors (Lipinski definition) is 1. The van der Waals surface area contributed by atoms with E-state index < -0.39 is 10.0 Å². The second-order valence-corrected chi connectivity index (χ2v) is 7.59. The van der Waals surface area contributed by atoms with Crippen LogP contribution < -0.4 is 5.73 Å². The molecule has 1 aromatic carbocycles. The zero-order valence-electron chi connectivity index (χ0n) is 11.7. The van der Waals surface area contributed by atoms with Crippen molar-refractivity contribution in [2.45, 2.75) is 37.6 Å². The van der Waals surface area contributed by atoms with Crippen molar-refractivity contribution in [1.29, 1.82) is 0 Å². The lowest BCUT2D eigenvalue weighted by molar-refractivity contribution is 0.395. The van der Waals surface area contributed by atoms with Crippen LogP contribution in [0.3, 0.4) is 0 Å². The Morgan fingerprint density at radius 2 is 2.10 bits per heavy atom. The fraction of sp³-hybridized carbons (Fsp3) is 0.571. The van der Waals surface area contributed by atoms with Gasteiger partial charge in [-0.2, -0.15) is 4.31 Å². The van der Waals surface area contributed by atoms with E-state index in [0.717, 1.165) is 24.8 Å². The van der Waals surface area contributed by atoms with E-state index in [9.17, 15) is 8.42 Å². The predicted molar refractivity (Wildman–Crippen MR) is 81.1 cm³/mol. The van der Waals surface area contributed by atoms with Gasteiger partial charge in [0.2, 0.25) is 10.0 Å². The van der Waals surface area contributed by atoms with Gasteiger partial charge >= 0.3 is 0 Å². The maximum atomic E-state index is 12.8. The summed E-state index contributed by atoms with van der Waals surface area (Å²) in [5.74, 6) is 0.507. The minimum absolute atomic E-state index is 0.177. The van der Waals surface area contributed by atoms with Gasteiger partial charge in [0.05, 0.1) is 5.02 Å². The highest BCUT2D eigenvalue weighted by Crippen LogP contribution is 2.33. The summed E-state index contributed by atoms with van der Waals surface area (Å²) in [6.45, 7) is 3.41. The van der Waals surface area contributed by atoms with E-state index in [1.54, 1.807) is 22.5 Å². The molecule has 1 fully saturated rings. The van der Waals surface area contributed by atoms with Gasteiger partial charge < -0.3 is 5.73 Å². The summed E-state index contributed by atoms with van der Waals surface area (Å²) < 4.78 is 27.1. The Labute approximate surface area is 126 Å². The molecule has 4 nitrogen and oxygen atoms in total. The van der Waals surface area contributed by atoms with E-state index in [2.05, 4.69) is 0 Å². The van der Waals surface area contributed by atoms with Crippen LogP contribution in [0.1, 0.15) is 31.7 Å². The summed E-state index contributed by atoms with van der Waals surface area (Å²) in [5, 5.41) is 0.263. The monoisotopic (exact) mass is 316 g/mol. The molecule has 0 amide bonds. The summed E-state index contributed by atoms with van der Waals surface area (Å²) in [5.41, 5.74) is 6.36. The van der Waals surface area contributed by atoms with Gasteiger partial charge in [-0.25, -0.2) is 8.42 Å². The molecule has 0 unspecified atom stereocenters. The van der Waals surface area contributed by atoms with Crippen molar-refractivity contribution >= 4 is 21.6 Å². The number of benzene rings is 1. The Kier molecular flexibility index (Phi) is 5.07. The van der Waals surface area contributed by atoms with Crippen molar-refractivity contribution in [3.8, 4) is 0 Å². The number of hydrogen-bond acceptors (Lipinski definition) is 3. The molecular weight excluding hydrogens is 296 g/mol. The standard InChI is InChI=1S/C14H21ClN2O2S/c1-2-7-17(10-11-3-4-11)20(18,19)14-8-12(9-16)5-6-13(14)15/h5-6,8,11H,2-4,7,9-10,16H2,1H3. The average Bonchev–Trinajstić information content (AvgIpc) is 3.22. The molecule has 1 saturated carbocycles. The molecule has 0 radical (unpaired) electrons. The lowest BCUT2D eigenvalue weighted by Gasteiger charge is -2.22. The second kappa shape index (κ2) is 6.43. The zero-order chi connectivity index (χ0) is 14.8. The predicted octanol–water partition coefficient (Wildman–Crippen LogP) is 2.61. The number of halogens is 1. The molecule has 6 heteroatoms. The Balaban J connectivity index is 2.35. The van der Waals surface area contributed by atoms with Crippen LogP contribution in [0.2, 0.25) is 5.02 Å². The second-order valence-electron chi connectivity index (χ2n) is 5.28. The van der Waals surface area contributed by atoms with Crippen molar-refractivity contribution in [2.24, 2.45) is 11.7 Å². The van der Waals surface area contributed by atoms with E-state index in [-0.39, 0.29) is 9.92 Å². The Morgan fingerprint density at radius 3 is 2.65 bits per heavy atom. The van der Waals surface area contributed by atoms with Crippen LogP contribution in [0.5, 0.6) is 0 Å². The van der Waals surface area contributed by atoms with Crippen LogP contribution in [0.15, 0.2) is 23.1 Å². The molecule has 0 heterocycles. The Morgan fingerprint density at radius 1 is 1.40 bits per heavy atom.